The van der Waals surface area contributed by atoms with Crippen molar-refractivity contribution in [3.8, 4) is 0 Å². The van der Waals surface area contributed by atoms with Gasteiger partial charge in [-0.2, -0.15) is 0 Å². The fraction of sp³-hybridized carbons (Fsp3) is 0.667. The van der Waals surface area contributed by atoms with Gasteiger partial charge in [0.15, 0.2) is 5.16 Å². The highest BCUT2D eigenvalue weighted by molar-refractivity contribution is 7.99. The highest BCUT2D eigenvalue weighted by Gasteiger charge is 2.29. The largest absolute Gasteiger partial charge is 0.349 e. The molecule has 1 aromatic heterocycles. The van der Waals surface area contributed by atoms with E-state index in [0.717, 1.165) is 23.8 Å². The van der Waals surface area contributed by atoms with Gasteiger partial charge in [0, 0.05) is 24.5 Å². The molecule has 0 saturated heterocycles. The summed E-state index contributed by atoms with van der Waals surface area (Å²) in [6.45, 7) is 5.05. The van der Waals surface area contributed by atoms with E-state index in [-0.39, 0.29) is 23.1 Å². The zero-order valence-corrected chi connectivity index (χ0v) is 13.3. The lowest BCUT2D eigenvalue weighted by molar-refractivity contribution is 0.0888. The first kappa shape index (κ1) is 14.6. The number of carbonyl (C=O) groups is 1. The maximum atomic E-state index is 12.4. The molecule has 1 saturated carbocycles. The average Bonchev–Trinajstić information content (AvgIpc) is 2.93. The molecule has 0 bridgehead atoms. The minimum Gasteiger partial charge on any atom is -0.349 e. The molecule has 0 radical (unpaired) electrons. The lowest BCUT2D eigenvalue weighted by atomic mass is 9.78. The number of nitrogens with one attached hydrogen (secondary N) is 1. The van der Waals surface area contributed by atoms with Crippen LogP contribution in [0.4, 0.5) is 0 Å². The Bertz CT molecular complexity index is 613. The topological polar surface area (TPSA) is 64.0 Å². The normalized spacial score (nSPS) is 28.2. The van der Waals surface area contributed by atoms with Crippen LogP contribution in [0.25, 0.3) is 0 Å². The maximum absolute atomic E-state index is 12.4. The Kier molecular flexibility index (Phi) is 4.06. The van der Waals surface area contributed by atoms with Crippen molar-refractivity contribution in [2.75, 3.05) is 5.75 Å². The van der Waals surface area contributed by atoms with E-state index in [0.29, 0.717) is 18.4 Å². The molecule has 0 aromatic carbocycles. The lowest BCUT2D eigenvalue weighted by Gasteiger charge is -2.34. The highest BCUT2D eigenvalue weighted by Crippen LogP contribution is 2.29. The molecule has 1 aliphatic heterocycles. The van der Waals surface area contributed by atoms with Crippen molar-refractivity contribution in [3.63, 3.8) is 0 Å². The van der Waals surface area contributed by atoms with Gasteiger partial charge in [0.25, 0.3) is 11.5 Å². The first-order valence-corrected chi connectivity index (χ1v) is 8.60. The monoisotopic (exact) mass is 307 g/mol. The Labute approximate surface area is 128 Å². The van der Waals surface area contributed by atoms with Gasteiger partial charge in [-0.15, -0.1) is 0 Å². The van der Waals surface area contributed by atoms with Crippen LogP contribution in [0.15, 0.2) is 16.1 Å². The summed E-state index contributed by atoms with van der Waals surface area (Å²) < 4.78 is 1.60. The Morgan fingerprint density at radius 2 is 2.24 bits per heavy atom. The Morgan fingerprint density at radius 1 is 1.43 bits per heavy atom. The summed E-state index contributed by atoms with van der Waals surface area (Å²) in [4.78, 5) is 29.0. The van der Waals surface area contributed by atoms with Gasteiger partial charge in [-0.1, -0.05) is 38.5 Å². The van der Waals surface area contributed by atoms with E-state index in [2.05, 4.69) is 24.1 Å². The minimum absolute atomic E-state index is 0.160. The van der Waals surface area contributed by atoms with E-state index < -0.39 is 0 Å². The molecular formula is C15H21N3O2S. The summed E-state index contributed by atoms with van der Waals surface area (Å²) >= 11 is 1.56. The van der Waals surface area contributed by atoms with Gasteiger partial charge in [-0.25, -0.2) is 4.98 Å². The van der Waals surface area contributed by atoms with Crippen LogP contribution in [0.1, 0.15) is 43.5 Å². The van der Waals surface area contributed by atoms with Crippen LogP contribution in [-0.4, -0.2) is 27.3 Å². The van der Waals surface area contributed by atoms with Crippen molar-refractivity contribution < 1.29 is 4.79 Å². The van der Waals surface area contributed by atoms with E-state index in [1.165, 1.54) is 12.6 Å². The minimum atomic E-state index is -0.273. The third-order valence-corrected chi connectivity index (χ3v) is 5.80. The Morgan fingerprint density at radius 3 is 3.05 bits per heavy atom. The molecule has 1 N–H and O–H groups in total. The predicted octanol–water partition coefficient (Wildman–Crippen LogP) is 1.90. The van der Waals surface area contributed by atoms with Crippen LogP contribution in [0, 0.1) is 11.8 Å². The number of aromatic nitrogens is 2. The first-order chi connectivity index (χ1) is 10.1. The maximum Gasteiger partial charge on any atom is 0.267 e. The van der Waals surface area contributed by atoms with Gasteiger partial charge in [-0.3, -0.25) is 14.2 Å². The quantitative estimate of drug-likeness (QED) is 0.848. The number of carbonyl (C=O) groups excluding carboxylic acids is 1. The van der Waals surface area contributed by atoms with Crippen molar-refractivity contribution in [1.82, 2.24) is 14.9 Å². The summed E-state index contributed by atoms with van der Waals surface area (Å²) in [5.74, 6) is 1.64. The van der Waals surface area contributed by atoms with Crippen molar-refractivity contribution >= 4 is 17.7 Å². The molecule has 114 valence electrons. The summed E-state index contributed by atoms with van der Waals surface area (Å²) in [6, 6.07) is 0.160. The van der Waals surface area contributed by atoms with Crippen LogP contribution in [0.5, 0.6) is 0 Å². The molecule has 6 heteroatoms. The molecule has 3 unspecified atom stereocenters. The molecule has 1 aromatic rings. The van der Waals surface area contributed by atoms with Gasteiger partial charge in [0.1, 0.15) is 5.56 Å². The van der Waals surface area contributed by atoms with Crippen LogP contribution >= 0.6 is 11.8 Å². The molecule has 21 heavy (non-hydrogen) atoms. The molecular weight excluding hydrogens is 286 g/mol. The predicted molar refractivity (Wildman–Crippen MR) is 82.7 cm³/mol. The number of thioether (sulfide) groups is 1. The number of nitrogens with zero attached hydrogens (tertiary/aromatic N) is 2. The van der Waals surface area contributed by atoms with Crippen molar-refractivity contribution in [1.29, 1.82) is 0 Å². The third kappa shape index (κ3) is 2.73. The molecule has 3 atom stereocenters. The Hall–Kier alpha value is -1.30. The second-order valence-corrected chi connectivity index (χ2v) is 7.17. The van der Waals surface area contributed by atoms with Crippen LogP contribution in [0.3, 0.4) is 0 Å². The standard InChI is InChI=1S/C15H21N3O2S/c1-9-4-3-5-12(10(9)2)17-13(19)11-8-16-15-18(14(11)20)6-7-21-15/h8-10,12H,3-7H2,1-2H3,(H,17,19). The summed E-state index contributed by atoms with van der Waals surface area (Å²) in [5, 5.41) is 3.77. The highest BCUT2D eigenvalue weighted by atomic mass is 32.2. The molecule has 5 nitrogen and oxygen atoms in total. The van der Waals surface area contributed by atoms with E-state index in [1.807, 2.05) is 0 Å². The van der Waals surface area contributed by atoms with Crippen molar-refractivity contribution in [2.24, 2.45) is 11.8 Å². The van der Waals surface area contributed by atoms with Crippen LogP contribution in [0.2, 0.25) is 0 Å². The molecule has 1 amide bonds. The van der Waals surface area contributed by atoms with E-state index >= 15 is 0 Å². The number of hydrogen-bond donors (Lipinski definition) is 1. The first-order valence-electron chi connectivity index (χ1n) is 7.61. The number of fused-ring (bicyclic) bond motifs is 1. The van der Waals surface area contributed by atoms with Gasteiger partial charge < -0.3 is 5.32 Å². The number of amides is 1. The summed E-state index contributed by atoms with van der Waals surface area (Å²) in [5.41, 5.74) is -0.0364. The smallest absolute Gasteiger partial charge is 0.267 e. The number of rotatable bonds is 2. The molecule has 3 rings (SSSR count). The van der Waals surface area contributed by atoms with Gasteiger partial charge in [-0.05, 0) is 18.3 Å². The van der Waals surface area contributed by atoms with Gasteiger partial charge >= 0.3 is 0 Å². The zero-order chi connectivity index (χ0) is 15.0. The van der Waals surface area contributed by atoms with Gasteiger partial charge in [0.2, 0.25) is 0 Å². The third-order valence-electron chi connectivity index (χ3n) is 4.82. The molecule has 1 aliphatic carbocycles. The van der Waals surface area contributed by atoms with E-state index in [4.69, 9.17) is 0 Å². The Balaban J connectivity index is 1.79. The van der Waals surface area contributed by atoms with Crippen molar-refractivity contribution in [3.05, 3.63) is 22.1 Å². The molecule has 2 heterocycles. The van der Waals surface area contributed by atoms with E-state index in [9.17, 15) is 9.59 Å². The fourth-order valence-electron chi connectivity index (χ4n) is 3.21. The molecule has 0 spiro atoms. The fourth-order valence-corrected chi connectivity index (χ4v) is 4.12. The molecule has 2 aliphatic rings. The van der Waals surface area contributed by atoms with Crippen molar-refractivity contribution in [2.45, 2.75) is 50.9 Å². The molecule has 1 fully saturated rings. The second-order valence-electron chi connectivity index (χ2n) is 6.11. The van der Waals surface area contributed by atoms with Gasteiger partial charge in [0.05, 0.1) is 0 Å². The zero-order valence-electron chi connectivity index (χ0n) is 12.5. The van der Waals surface area contributed by atoms with E-state index in [1.54, 1.807) is 16.3 Å². The number of hydrogen-bond acceptors (Lipinski definition) is 4. The average molecular weight is 307 g/mol. The van der Waals surface area contributed by atoms with Crippen LogP contribution < -0.4 is 10.9 Å². The summed E-state index contributed by atoms with van der Waals surface area (Å²) in [6.07, 6.45) is 4.77. The SMILES string of the molecule is CC1CCCC(NC(=O)c2cnc3n(c2=O)CCS3)C1C. The van der Waals surface area contributed by atoms with Crippen LogP contribution in [-0.2, 0) is 6.54 Å². The summed E-state index contributed by atoms with van der Waals surface area (Å²) in [7, 11) is 0. The second kappa shape index (κ2) is 5.83. The lowest BCUT2D eigenvalue weighted by Crippen LogP contribution is -2.45.